The van der Waals surface area contributed by atoms with Gasteiger partial charge in [-0.25, -0.2) is 4.39 Å². The number of ketones is 1. The number of benzene rings is 1. The van der Waals surface area contributed by atoms with E-state index in [0.29, 0.717) is 6.42 Å². The average Bonchev–Trinajstić information content (AvgIpc) is 2.56. The molecule has 0 aliphatic heterocycles. The lowest BCUT2D eigenvalue weighted by molar-refractivity contribution is -0.118. The van der Waals surface area contributed by atoms with Crippen molar-refractivity contribution in [1.82, 2.24) is 0 Å². The van der Waals surface area contributed by atoms with E-state index in [9.17, 15) is 9.18 Å². The van der Waals surface area contributed by atoms with Crippen molar-refractivity contribution in [2.75, 3.05) is 0 Å². The van der Waals surface area contributed by atoms with Gasteiger partial charge in [0.15, 0.2) is 0 Å². The monoisotopic (exact) mass is 304 g/mol. The third-order valence-electron chi connectivity index (χ3n) is 2.64. The molecule has 74 valence electrons. The molecule has 0 radical (unpaired) electrons. The average molecular weight is 304 g/mol. The molecule has 1 aliphatic carbocycles. The van der Waals surface area contributed by atoms with Crippen LogP contribution in [0.5, 0.6) is 0 Å². The third-order valence-corrected chi connectivity index (χ3v) is 3.62. The molecule has 1 unspecified atom stereocenters. The summed E-state index contributed by atoms with van der Waals surface area (Å²) in [6.07, 6.45) is 2.46. The van der Waals surface area contributed by atoms with Crippen LogP contribution in [0.25, 0.3) is 0 Å². The van der Waals surface area contributed by atoms with Crippen molar-refractivity contribution < 1.29 is 9.18 Å². The summed E-state index contributed by atoms with van der Waals surface area (Å²) in [5.74, 6) is -0.0498. The smallest absolute Gasteiger partial charge is 0.140 e. The largest absolute Gasteiger partial charge is 0.299 e. The highest BCUT2D eigenvalue weighted by Crippen LogP contribution is 2.33. The van der Waals surface area contributed by atoms with E-state index in [4.69, 9.17) is 0 Å². The Morgan fingerprint density at radius 1 is 1.43 bits per heavy atom. The maximum absolute atomic E-state index is 13.0. The van der Waals surface area contributed by atoms with E-state index in [1.165, 1.54) is 12.1 Å². The second kappa shape index (κ2) is 3.96. The lowest BCUT2D eigenvalue weighted by Gasteiger charge is -2.10. The summed E-state index contributed by atoms with van der Waals surface area (Å²) in [5.41, 5.74) is 0.869. The third kappa shape index (κ3) is 1.82. The predicted molar refractivity (Wildman–Crippen MR) is 60.7 cm³/mol. The van der Waals surface area contributed by atoms with Gasteiger partial charge in [-0.1, -0.05) is 0 Å². The van der Waals surface area contributed by atoms with Gasteiger partial charge in [0.05, 0.1) is 0 Å². The first-order valence-corrected chi connectivity index (χ1v) is 5.74. The SMILES string of the molecule is O=C1CCCC1c1cc(F)ccc1I. The van der Waals surface area contributed by atoms with Crippen molar-refractivity contribution in [3.63, 3.8) is 0 Å². The van der Waals surface area contributed by atoms with Gasteiger partial charge in [0, 0.05) is 15.9 Å². The number of carbonyl (C=O) groups excluding carboxylic acids is 1. The Bertz CT molecular complexity index is 376. The molecule has 0 heterocycles. The molecule has 0 N–H and O–H groups in total. The van der Waals surface area contributed by atoms with Crippen LogP contribution in [0.3, 0.4) is 0 Å². The van der Waals surface area contributed by atoms with E-state index in [1.807, 2.05) is 0 Å². The molecular formula is C11H10FIO. The lowest BCUT2D eigenvalue weighted by atomic mass is 9.97. The maximum Gasteiger partial charge on any atom is 0.140 e. The van der Waals surface area contributed by atoms with E-state index in [0.717, 1.165) is 22.0 Å². The molecule has 0 saturated heterocycles. The van der Waals surface area contributed by atoms with Gasteiger partial charge in [-0.2, -0.15) is 0 Å². The highest BCUT2D eigenvalue weighted by Gasteiger charge is 2.27. The Balaban J connectivity index is 2.39. The van der Waals surface area contributed by atoms with Gasteiger partial charge in [-0.3, -0.25) is 4.79 Å². The fourth-order valence-electron chi connectivity index (χ4n) is 1.93. The highest BCUT2D eigenvalue weighted by molar-refractivity contribution is 14.1. The summed E-state index contributed by atoms with van der Waals surface area (Å²) >= 11 is 2.16. The summed E-state index contributed by atoms with van der Waals surface area (Å²) in [4.78, 5) is 11.5. The van der Waals surface area contributed by atoms with E-state index < -0.39 is 0 Å². The first-order chi connectivity index (χ1) is 6.68. The van der Waals surface area contributed by atoms with Crippen LogP contribution in [0.2, 0.25) is 0 Å². The van der Waals surface area contributed by atoms with E-state index >= 15 is 0 Å². The molecule has 1 aromatic rings. The Morgan fingerprint density at radius 2 is 2.21 bits per heavy atom. The molecule has 1 saturated carbocycles. The Morgan fingerprint density at radius 3 is 2.86 bits per heavy atom. The number of halogens is 2. The van der Waals surface area contributed by atoms with Gasteiger partial charge in [0.25, 0.3) is 0 Å². The Kier molecular flexibility index (Phi) is 2.85. The molecule has 1 nitrogen and oxygen atoms in total. The Labute approximate surface area is 95.8 Å². The number of hydrogen-bond donors (Lipinski definition) is 0. The lowest BCUT2D eigenvalue weighted by Crippen LogP contribution is -2.06. The van der Waals surface area contributed by atoms with Crippen molar-refractivity contribution in [3.05, 3.63) is 33.1 Å². The van der Waals surface area contributed by atoms with Gasteiger partial charge < -0.3 is 0 Å². The summed E-state index contributed by atoms with van der Waals surface area (Å²) in [6.45, 7) is 0. The topological polar surface area (TPSA) is 17.1 Å². The molecule has 14 heavy (non-hydrogen) atoms. The fraction of sp³-hybridized carbons (Fsp3) is 0.364. The van der Waals surface area contributed by atoms with Gasteiger partial charge in [-0.05, 0) is 59.2 Å². The van der Waals surface area contributed by atoms with E-state index in [2.05, 4.69) is 22.6 Å². The molecule has 1 atom stereocenters. The molecule has 2 rings (SSSR count). The maximum atomic E-state index is 13.0. The van der Waals surface area contributed by atoms with Crippen molar-refractivity contribution >= 4 is 28.4 Å². The van der Waals surface area contributed by atoms with Crippen molar-refractivity contribution in [2.45, 2.75) is 25.2 Å². The molecule has 0 bridgehead atoms. The second-order valence-electron chi connectivity index (χ2n) is 3.58. The first-order valence-electron chi connectivity index (χ1n) is 4.66. The minimum Gasteiger partial charge on any atom is -0.299 e. The zero-order valence-corrected chi connectivity index (χ0v) is 9.75. The van der Waals surface area contributed by atoms with Crippen LogP contribution in [0.1, 0.15) is 30.7 Å². The Hall–Kier alpha value is -0.450. The second-order valence-corrected chi connectivity index (χ2v) is 4.74. The highest BCUT2D eigenvalue weighted by atomic mass is 127. The molecule has 0 aromatic heterocycles. The van der Waals surface area contributed by atoms with Crippen LogP contribution in [-0.4, -0.2) is 5.78 Å². The molecule has 1 fully saturated rings. The fourth-order valence-corrected chi connectivity index (χ4v) is 2.64. The molecule has 0 amide bonds. The van der Waals surface area contributed by atoms with Crippen LogP contribution >= 0.6 is 22.6 Å². The molecular weight excluding hydrogens is 294 g/mol. The van der Waals surface area contributed by atoms with Crippen LogP contribution in [0.15, 0.2) is 18.2 Å². The minimum absolute atomic E-state index is 0.0578. The van der Waals surface area contributed by atoms with Crippen molar-refractivity contribution in [1.29, 1.82) is 0 Å². The van der Waals surface area contributed by atoms with Crippen molar-refractivity contribution in [2.24, 2.45) is 0 Å². The summed E-state index contributed by atoms with van der Waals surface area (Å²) in [7, 11) is 0. The number of carbonyl (C=O) groups is 1. The minimum atomic E-state index is -0.250. The predicted octanol–water partition coefficient (Wildman–Crippen LogP) is 3.27. The number of rotatable bonds is 1. The van der Waals surface area contributed by atoms with Crippen LogP contribution in [0, 0.1) is 9.39 Å². The summed E-state index contributed by atoms with van der Waals surface area (Å²) in [5, 5.41) is 0. The zero-order valence-electron chi connectivity index (χ0n) is 7.59. The van der Waals surface area contributed by atoms with Gasteiger partial charge in [0.2, 0.25) is 0 Å². The first kappa shape index (κ1) is 10.1. The number of Topliss-reactive ketones (excluding diaryl/α,β-unsaturated/α-hetero) is 1. The summed E-state index contributed by atoms with van der Waals surface area (Å²) < 4.78 is 14.0. The molecule has 0 spiro atoms. The normalized spacial score (nSPS) is 21.6. The summed E-state index contributed by atoms with van der Waals surface area (Å²) in [6, 6.07) is 4.66. The van der Waals surface area contributed by atoms with E-state index in [1.54, 1.807) is 6.07 Å². The van der Waals surface area contributed by atoms with Gasteiger partial charge >= 0.3 is 0 Å². The molecule has 3 heteroatoms. The standard InChI is InChI=1S/C11H10FIO/c12-7-4-5-10(13)9(6-7)8-2-1-3-11(8)14/h4-6,8H,1-3H2. The van der Waals surface area contributed by atoms with Crippen molar-refractivity contribution in [3.8, 4) is 0 Å². The zero-order chi connectivity index (χ0) is 10.1. The quantitative estimate of drug-likeness (QED) is 0.728. The number of hydrogen-bond acceptors (Lipinski definition) is 1. The van der Waals surface area contributed by atoms with Crippen LogP contribution in [0.4, 0.5) is 4.39 Å². The molecule has 1 aromatic carbocycles. The van der Waals surface area contributed by atoms with E-state index in [-0.39, 0.29) is 17.5 Å². The molecule has 1 aliphatic rings. The van der Waals surface area contributed by atoms with Gasteiger partial charge in [-0.15, -0.1) is 0 Å². The van der Waals surface area contributed by atoms with Crippen LogP contribution < -0.4 is 0 Å². The van der Waals surface area contributed by atoms with Gasteiger partial charge in [0.1, 0.15) is 11.6 Å². The van der Waals surface area contributed by atoms with Crippen LogP contribution in [-0.2, 0) is 4.79 Å².